The molecule has 33 heavy (non-hydrogen) atoms. The van der Waals surface area contributed by atoms with E-state index in [1.807, 2.05) is 36.9 Å². The Kier molecular flexibility index (Phi) is 6.20. The van der Waals surface area contributed by atoms with E-state index in [4.69, 9.17) is 0 Å². The quantitative estimate of drug-likeness (QED) is 0.726. The van der Waals surface area contributed by atoms with Gasteiger partial charge in [-0.2, -0.15) is 0 Å². The number of anilines is 3. The van der Waals surface area contributed by atoms with Crippen LogP contribution in [0.1, 0.15) is 30.4 Å². The summed E-state index contributed by atoms with van der Waals surface area (Å²) >= 11 is 0. The van der Waals surface area contributed by atoms with Crippen LogP contribution in [0.15, 0.2) is 41.3 Å². The van der Waals surface area contributed by atoms with Crippen molar-refractivity contribution in [1.29, 1.82) is 0 Å². The Balaban J connectivity index is 1.70. The lowest BCUT2D eigenvalue weighted by Crippen LogP contribution is -2.56. The molecule has 2 aromatic carbocycles. The van der Waals surface area contributed by atoms with Crippen molar-refractivity contribution in [1.82, 2.24) is 4.31 Å². The van der Waals surface area contributed by atoms with Gasteiger partial charge in [-0.25, -0.2) is 12.7 Å². The number of benzene rings is 2. The van der Waals surface area contributed by atoms with Gasteiger partial charge in [-0.3, -0.25) is 14.5 Å². The number of nitrogens with zero attached hydrogens (tertiary/aromatic N) is 3. The summed E-state index contributed by atoms with van der Waals surface area (Å²) in [7, 11) is -0.755. The molecule has 0 aliphatic carbocycles. The van der Waals surface area contributed by atoms with Crippen LogP contribution in [0, 0.1) is 13.8 Å². The standard InChI is InChI=1S/C24H30N4O4S/c1-16-8-9-18(13-17(16)2)25-23(29)15-28-22-14-19(33(31,32)26(3)4)10-11-20(22)27-12-6-5-7-21(27)24(28)30/h8-11,13-14,21H,5-7,12,15H2,1-4H3,(H,25,29). The summed E-state index contributed by atoms with van der Waals surface area (Å²) in [6.45, 7) is 4.51. The average Bonchev–Trinajstić information content (AvgIpc) is 2.78. The fraction of sp³-hybridized carbons (Fsp3) is 0.417. The highest BCUT2D eigenvalue weighted by Crippen LogP contribution is 2.40. The number of hydrogen-bond acceptors (Lipinski definition) is 5. The minimum absolute atomic E-state index is 0.0917. The van der Waals surface area contributed by atoms with E-state index in [1.54, 1.807) is 12.1 Å². The highest BCUT2D eigenvalue weighted by molar-refractivity contribution is 7.89. The number of rotatable bonds is 5. The molecule has 2 aliphatic heterocycles. The Morgan fingerprint density at radius 3 is 2.52 bits per heavy atom. The minimum atomic E-state index is -3.69. The number of hydrogen-bond donors (Lipinski definition) is 1. The third kappa shape index (κ3) is 4.35. The smallest absolute Gasteiger partial charge is 0.250 e. The van der Waals surface area contributed by atoms with E-state index in [0.29, 0.717) is 17.8 Å². The molecule has 0 saturated carbocycles. The zero-order valence-electron chi connectivity index (χ0n) is 19.5. The molecule has 1 saturated heterocycles. The molecule has 2 amide bonds. The summed E-state index contributed by atoms with van der Waals surface area (Å²) < 4.78 is 26.6. The predicted molar refractivity (Wildman–Crippen MR) is 129 cm³/mol. The van der Waals surface area contributed by atoms with Gasteiger partial charge in [0.05, 0.1) is 16.3 Å². The van der Waals surface area contributed by atoms with Crippen LogP contribution >= 0.6 is 0 Å². The van der Waals surface area contributed by atoms with E-state index in [2.05, 4.69) is 5.32 Å². The van der Waals surface area contributed by atoms with Crippen LogP contribution < -0.4 is 15.1 Å². The maximum absolute atomic E-state index is 13.4. The molecule has 0 spiro atoms. The number of amides is 2. The SMILES string of the molecule is Cc1ccc(NC(=O)CN2C(=O)C3CCCCN3c3ccc(S(=O)(=O)N(C)C)cc32)cc1C. The average molecular weight is 471 g/mol. The van der Waals surface area contributed by atoms with Crippen molar-refractivity contribution in [2.24, 2.45) is 0 Å². The molecule has 0 radical (unpaired) electrons. The van der Waals surface area contributed by atoms with Crippen molar-refractivity contribution in [2.45, 2.75) is 44.0 Å². The molecule has 1 N–H and O–H groups in total. The van der Waals surface area contributed by atoms with Gasteiger partial charge < -0.3 is 10.2 Å². The molecule has 1 fully saturated rings. The number of piperidine rings is 1. The van der Waals surface area contributed by atoms with E-state index < -0.39 is 10.0 Å². The van der Waals surface area contributed by atoms with Crippen LogP contribution in [0.25, 0.3) is 0 Å². The van der Waals surface area contributed by atoms with Crippen molar-refractivity contribution in [3.05, 3.63) is 47.5 Å². The maximum atomic E-state index is 13.4. The third-order valence-corrected chi connectivity index (χ3v) is 8.28. The highest BCUT2D eigenvalue weighted by Gasteiger charge is 2.40. The third-order valence-electron chi connectivity index (χ3n) is 6.47. The number of carbonyl (C=O) groups is 2. The van der Waals surface area contributed by atoms with Gasteiger partial charge in [0.2, 0.25) is 21.8 Å². The molecule has 0 aromatic heterocycles. The molecule has 2 aromatic rings. The van der Waals surface area contributed by atoms with Crippen LogP contribution in [-0.4, -0.2) is 57.8 Å². The Bertz CT molecular complexity index is 1210. The first-order valence-corrected chi connectivity index (χ1v) is 12.6. The molecule has 0 bridgehead atoms. The monoisotopic (exact) mass is 470 g/mol. The second-order valence-corrected chi connectivity index (χ2v) is 11.1. The van der Waals surface area contributed by atoms with Gasteiger partial charge in [0, 0.05) is 26.3 Å². The zero-order valence-corrected chi connectivity index (χ0v) is 20.3. The lowest BCUT2D eigenvalue weighted by molar-refractivity contribution is -0.123. The molecule has 1 unspecified atom stereocenters. The van der Waals surface area contributed by atoms with Crippen molar-refractivity contribution in [3.8, 4) is 0 Å². The van der Waals surface area contributed by atoms with Crippen LogP contribution in [0.2, 0.25) is 0 Å². The maximum Gasteiger partial charge on any atom is 0.250 e. The number of carbonyl (C=O) groups excluding carboxylic acids is 2. The first-order valence-electron chi connectivity index (χ1n) is 11.1. The predicted octanol–water partition coefficient (Wildman–Crippen LogP) is 2.90. The Labute approximate surface area is 195 Å². The van der Waals surface area contributed by atoms with Crippen molar-refractivity contribution >= 4 is 38.9 Å². The van der Waals surface area contributed by atoms with Crippen molar-refractivity contribution < 1.29 is 18.0 Å². The van der Waals surface area contributed by atoms with Crippen LogP contribution in [-0.2, 0) is 19.6 Å². The van der Waals surface area contributed by atoms with Crippen LogP contribution in [0.3, 0.4) is 0 Å². The van der Waals surface area contributed by atoms with Gasteiger partial charge in [-0.05, 0) is 74.6 Å². The van der Waals surface area contributed by atoms with E-state index in [0.717, 1.165) is 40.5 Å². The molecule has 4 rings (SSSR count). The minimum Gasteiger partial charge on any atom is -0.358 e. The van der Waals surface area contributed by atoms with Gasteiger partial charge in [0.1, 0.15) is 12.6 Å². The first-order chi connectivity index (χ1) is 15.6. The normalized spacial score (nSPS) is 18.2. The second-order valence-electron chi connectivity index (χ2n) is 8.91. The molecule has 9 heteroatoms. The molecular weight excluding hydrogens is 440 g/mol. The lowest BCUT2D eigenvalue weighted by Gasteiger charge is -2.45. The molecule has 2 heterocycles. The van der Waals surface area contributed by atoms with Gasteiger partial charge >= 0.3 is 0 Å². The summed E-state index contributed by atoms with van der Waals surface area (Å²) in [5.74, 6) is -0.500. The second kappa shape index (κ2) is 8.79. The van der Waals surface area contributed by atoms with Gasteiger partial charge in [-0.1, -0.05) is 6.07 Å². The van der Waals surface area contributed by atoms with Gasteiger partial charge in [0.25, 0.3) is 0 Å². The number of fused-ring (bicyclic) bond motifs is 3. The van der Waals surface area contributed by atoms with Crippen molar-refractivity contribution in [3.63, 3.8) is 0 Å². The van der Waals surface area contributed by atoms with E-state index in [1.165, 1.54) is 25.1 Å². The highest BCUT2D eigenvalue weighted by atomic mass is 32.2. The molecule has 8 nitrogen and oxygen atoms in total. The van der Waals surface area contributed by atoms with Crippen LogP contribution in [0.4, 0.5) is 17.1 Å². The summed E-state index contributed by atoms with van der Waals surface area (Å²) in [4.78, 5) is 30.0. The number of sulfonamides is 1. The Morgan fingerprint density at radius 2 is 1.82 bits per heavy atom. The molecule has 1 atom stereocenters. The number of nitrogens with one attached hydrogen (secondary N) is 1. The van der Waals surface area contributed by atoms with Crippen LogP contribution in [0.5, 0.6) is 0 Å². The van der Waals surface area contributed by atoms with E-state index >= 15 is 0 Å². The summed E-state index contributed by atoms with van der Waals surface area (Å²) in [6.07, 6.45) is 2.62. The first kappa shape index (κ1) is 23.3. The topological polar surface area (TPSA) is 90.0 Å². The summed E-state index contributed by atoms with van der Waals surface area (Å²) in [5, 5.41) is 2.87. The summed E-state index contributed by atoms with van der Waals surface area (Å²) in [5.41, 5.74) is 4.09. The van der Waals surface area contributed by atoms with E-state index in [9.17, 15) is 18.0 Å². The lowest BCUT2D eigenvalue weighted by atomic mass is 9.96. The fourth-order valence-corrected chi connectivity index (χ4v) is 5.36. The Morgan fingerprint density at radius 1 is 1.06 bits per heavy atom. The van der Waals surface area contributed by atoms with Crippen molar-refractivity contribution in [2.75, 3.05) is 42.3 Å². The fourth-order valence-electron chi connectivity index (χ4n) is 4.44. The van der Waals surface area contributed by atoms with Gasteiger partial charge in [0.15, 0.2) is 0 Å². The molecule has 2 aliphatic rings. The largest absolute Gasteiger partial charge is 0.358 e. The van der Waals surface area contributed by atoms with Gasteiger partial charge in [-0.15, -0.1) is 0 Å². The zero-order chi connectivity index (χ0) is 23.9. The molecule has 176 valence electrons. The summed E-state index contributed by atoms with van der Waals surface area (Å²) in [6, 6.07) is 10.2. The number of aryl methyl sites for hydroxylation is 2. The Hall–Kier alpha value is -2.91. The van der Waals surface area contributed by atoms with E-state index in [-0.39, 0.29) is 29.3 Å². The molecular formula is C24H30N4O4S.